The summed E-state index contributed by atoms with van der Waals surface area (Å²) in [7, 11) is 1.83. The summed E-state index contributed by atoms with van der Waals surface area (Å²) in [5.41, 5.74) is 1.31. The largest absolute Gasteiger partial charge is 0.396 e. The lowest BCUT2D eigenvalue weighted by Gasteiger charge is -2.11. The molecule has 0 saturated heterocycles. The molecule has 100 valence electrons. The SMILES string of the molecule is Cn1nc(C(=O)NCC2(CO)CC2)c2ccccc21. The lowest BCUT2D eigenvalue weighted by atomic mass is 10.1. The van der Waals surface area contributed by atoms with E-state index in [-0.39, 0.29) is 17.9 Å². The molecule has 1 saturated carbocycles. The van der Waals surface area contributed by atoms with Gasteiger partial charge in [0, 0.05) is 24.4 Å². The Kier molecular flexibility index (Phi) is 2.78. The van der Waals surface area contributed by atoms with Gasteiger partial charge in [-0.05, 0) is 18.9 Å². The highest BCUT2D eigenvalue weighted by molar-refractivity contribution is 6.04. The molecule has 19 heavy (non-hydrogen) atoms. The van der Waals surface area contributed by atoms with E-state index in [1.54, 1.807) is 4.68 Å². The van der Waals surface area contributed by atoms with Gasteiger partial charge in [-0.3, -0.25) is 9.48 Å². The minimum Gasteiger partial charge on any atom is -0.396 e. The van der Waals surface area contributed by atoms with Crippen LogP contribution in [0.15, 0.2) is 24.3 Å². The van der Waals surface area contributed by atoms with Crippen LogP contribution in [0.25, 0.3) is 10.9 Å². The van der Waals surface area contributed by atoms with Gasteiger partial charge in [0.2, 0.25) is 0 Å². The molecule has 0 unspecified atom stereocenters. The number of para-hydroxylation sites is 1. The summed E-state index contributed by atoms with van der Waals surface area (Å²) >= 11 is 0. The Morgan fingerprint density at radius 2 is 2.21 bits per heavy atom. The van der Waals surface area contributed by atoms with E-state index in [2.05, 4.69) is 10.4 Å². The van der Waals surface area contributed by atoms with Crippen molar-refractivity contribution in [1.82, 2.24) is 15.1 Å². The maximum absolute atomic E-state index is 12.2. The molecule has 0 bridgehead atoms. The van der Waals surface area contributed by atoms with E-state index in [9.17, 15) is 9.90 Å². The molecule has 1 aliphatic rings. The molecule has 0 atom stereocenters. The van der Waals surface area contributed by atoms with Gasteiger partial charge in [0.15, 0.2) is 5.69 Å². The van der Waals surface area contributed by atoms with E-state index in [1.165, 1.54) is 0 Å². The van der Waals surface area contributed by atoms with Gasteiger partial charge in [-0.25, -0.2) is 0 Å². The van der Waals surface area contributed by atoms with Crippen LogP contribution in [0.3, 0.4) is 0 Å². The molecule has 3 rings (SSSR count). The predicted octanol–water partition coefficient (Wildman–Crippen LogP) is 1.08. The minimum absolute atomic E-state index is 0.0831. The number of carbonyl (C=O) groups is 1. The fraction of sp³-hybridized carbons (Fsp3) is 0.429. The fourth-order valence-corrected chi connectivity index (χ4v) is 2.30. The predicted molar refractivity (Wildman–Crippen MR) is 71.8 cm³/mol. The van der Waals surface area contributed by atoms with Crippen molar-refractivity contribution in [3.05, 3.63) is 30.0 Å². The first kappa shape index (κ1) is 12.2. The van der Waals surface area contributed by atoms with E-state index < -0.39 is 0 Å². The number of benzene rings is 1. The van der Waals surface area contributed by atoms with E-state index in [0.717, 1.165) is 23.7 Å². The van der Waals surface area contributed by atoms with Crippen molar-refractivity contribution in [3.63, 3.8) is 0 Å². The van der Waals surface area contributed by atoms with Crippen LogP contribution in [-0.4, -0.2) is 33.9 Å². The minimum atomic E-state index is -0.170. The third kappa shape index (κ3) is 2.10. The zero-order valence-corrected chi connectivity index (χ0v) is 10.9. The Labute approximate surface area is 111 Å². The first-order valence-electron chi connectivity index (χ1n) is 6.46. The van der Waals surface area contributed by atoms with E-state index in [4.69, 9.17) is 0 Å². The van der Waals surface area contributed by atoms with E-state index >= 15 is 0 Å². The summed E-state index contributed by atoms with van der Waals surface area (Å²) in [5, 5.41) is 17.3. The monoisotopic (exact) mass is 259 g/mol. The van der Waals surface area contributed by atoms with Crippen molar-refractivity contribution in [2.45, 2.75) is 12.8 Å². The summed E-state index contributed by atoms with van der Waals surface area (Å²) in [6.45, 7) is 0.656. The Morgan fingerprint density at radius 3 is 2.89 bits per heavy atom. The maximum atomic E-state index is 12.2. The van der Waals surface area contributed by atoms with Crippen molar-refractivity contribution in [1.29, 1.82) is 0 Å². The number of aliphatic hydroxyl groups is 1. The van der Waals surface area contributed by atoms with Crippen LogP contribution in [0.4, 0.5) is 0 Å². The number of hydrogen-bond donors (Lipinski definition) is 2. The zero-order chi connectivity index (χ0) is 13.5. The zero-order valence-electron chi connectivity index (χ0n) is 10.9. The Bertz CT molecular complexity index is 629. The summed E-state index contributed by atoms with van der Waals surface area (Å²) in [6.07, 6.45) is 1.96. The van der Waals surface area contributed by atoms with Crippen molar-refractivity contribution in [2.75, 3.05) is 13.2 Å². The molecule has 2 N–H and O–H groups in total. The van der Waals surface area contributed by atoms with Crippen LogP contribution in [0, 0.1) is 5.41 Å². The van der Waals surface area contributed by atoms with E-state index in [1.807, 2.05) is 31.3 Å². The second kappa shape index (κ2) is 4.35. The molecule has 0 aliphatic heterocycles. The van der Waals surface area contributed by atoms with Crippen LogP contribution in [0.2, 0.25) is 0 Å². The number of fused-ring (bicyclic) bond motifs is 1. The number of rotatable bonds is 4. The number of nitrogens with zero attached hydrogens (tertiary/aromatic N) is 2. The van der Waals surface area contributed by atoms with Gasteiger partial charge in [0.1, 0.15) is 0 Å². The van der Waals surface area contributed by atoms with Crippen molar-refractivity contribution in [3.8, 4) is 0 Å². The van der Waals surface area contributed by atoms with E-state index in [0.29, 0.717) is 12.2 Å². The summed E-state index contributed by atoms with van der Waals surface area (Å²) in [5.74, 6) is -0.170. The summed E-state index contributed by atoms with van der Waals surface area (Å²) < 4.78 is 1.71. The smallest absolute Gasteiger partial charge is 0.272 e. The fourth-order valence-electron chi connectivity index (χ4n) is 2.30. The molecule has 1 amide bonds. The van der Waals surface area contributed by atoms with Crippen molar-refractivity contribution < 1.29 is 9.90 Å². The molecule has 0 spiro atoms. The third-order valence-corrected chi connectivity index (χ3v) is 3.89. The second-order valence-corrected chi connectivity index (χ2v) is 5.33. The highest BCUT2D eigenvalue weighted by Gasteiger charge is 2.42. The van der Waals surface area contributed by atoms with Gasteiger partial charge in [0.25, 0.3) is 5.91 Å². The Balaban J connectivity index is 1.82. The van der Waals surface area contributed by atoms with Gasteiger partial charge >= 0.3 is 0 Å². The van der Waals surface area contributed by atoms with Crippen molar-refractivity contribution in [2.24, 2.45) is 12.5 Å². The van der Waals surface area contributed by atoms with Crippen LogP contribution in [0.1, 0.15) is 23.3 Å². The molecule has 1 fully saturated rings. The van der Waals surface area contributed by atoms with Crippen LogP contribution < -0.4 is 5.32 Å². The Hall–Kier alpha value is -1.88. The van der Waals surface area contributed by atoms with Gasteiger partial charge < -0.3 is 10.4 Å². The number of hydrogen-bond acceptors (Lipinski definition) is 3. The van der Waals surface area contributed by atoms with Gasteiger partial charge in [-0.15, -0.1) is 0 Å². The van der Waals surface area contributed by atoms with Gasteiger partial charge in [-0.1, -0.05) is 18.2 Å². The van der Waals surface area contributed by atoms with Crippen LogP contribution >= 0.6 is 0 Å². The first-order chi connectivity index (χ1) is 9.15. The maximum Gasteiger partial charge on any atom is 0.272 e. The molecule has 5 nitrogen and oxygen atoms in total. The first-order valence-corrected chi connectivity index (χ1v) is 6.46. The number of aliphatic hydroxyl groups excluding tert-OH is 1. The molecule has 2 aromatic rings. The highest BCUT2D eigenvalue weighted by atomic mass is 16.3. The lowest BCUT2D eigenvalue weighted by Crippen LogP contribution is -2.32. The second-order valence-electron chi connectivity index (χ2n) is 5.33. The number of carbonyl (C=O) groups excluding carboxylic acids is 1. The third-order valence-electron chi connectivity index (χ3n) is 3.89. The summed E-state index contributed by atoms with van der Waals surface area (Å²) in [6, 6.07) is 7.67. The molecule has 1 heterocycles. The molecule has 1 aromatic carbocycles. The number of aromatic nitrogens is 2. The Morgan fingerprint density at radius 1 is 1.47 bits per heavy atom. The molecular formula is C14H17N3O2. The topological polar surface area (TPSA) is 67.2 Å². The van der Waals surface area contributed by atoms with Crippen LogP contribution in [0.5, 0.6) is 0 Å². The van der Waals surface area contributed by atoms with Gasteiger partial charge in [-0.2, -0.15) is 5.10 Å². The normalized spacial score (nSPS) is 16.5. The average Bonchev–Trinajstić information content (AvgIpc) is 3.15. The number of nitrogens with one attached hydrogen (secondary N) is 1. The molecule has 1 aromatic heterocycles. The summed E-state index contributed by atoms with van der Waals surface area (Å²) in [4.78, 5) is 12.2. The quantitative estimate of drug-likeness (QED) is 0.863. The molecule has 5 heteroatoms. The highest BCUT2D eigenvalue weighted by Crippen LogP contribution is 2.44. The average molecular weight is 259 g/mol. The molecule has 1 aliphatic carbocycles. The number of aryl methyl sites for hydroxylation is 1. The molecular weight excluding hydrogens is 242 g/mol. The number of amides is 1. The lowest BCUT2D eigenvalue weighted by molar-refractivity contribution is 0.0931. The van der Waals surface area contributed by atoms with Gasteiger partial charge in [0.05, 0.1) is 12.1 Å². The molecule has 0 radical (unpaired) electrons. The van der Waals surface area contributed by atoms with Crippen molar-refractivity contribution >= 4 is 16.8 Å². The standard InChI is InChI=1S/C14H17N3O2/c1-17-11-5-3-2-4-10(11)12(16-17)13(19)15-8-14(9-18)6-7-14/h2-5,18H,6-9H2,1H3,(H,15,19). The van der Waals surface area contributed by atoms with Crippen LogP contribution in [-0.2, 0) is 7.05 Å².